The minimum atomic E-state index is 0.499. The van der Waals surface area contributed by atoms with Gasteiger partial charge in [0.25, 0.3) is 0 Å². The van der Waals surface area contributed by atoms with Gasteiger partial charge in [0, 0.05) is 11.6 Å². The summed E-state index contributed by atoms with van der Waals surface area (Å²) in [6, 6.07) is 6.19. The van der Waals surface area contributed by atoms with Crippen LogP contribution in [0.2, 0.25) is 0 Å². The summed E-state index contributed by atoms with van der Waals surface area (Å²) in [6.07, 6.45) is 1.11. The van der Waals surface area contributed by atoms with Crippen LogP contribution in [0.4, 0.5) is 0 Å². The van der Waals surface area contributed by atoms with Crippen molar-refractivity contribution in [2.75, 3.05) is 0 Å². The Kier molecular flexibility index (Phi) is 2.83. The highest BCUT2D eigenvalue weighted by atomic mass is 79.9. The Labute approximate surface area is 98.5 Å². The number of aromatic nitrogens is 2. The zero-order valence-corrected chi connectivity index (χ0v) is 10.9. The molecule has 1 atom stereocenters. The molecule has 0 aliphatic rings. The fourth-order valence-electron chi connectivity index (χ4n) is 1.74. The number of hydrogen-bond donors (Lipinski definition) is 0. The van der Waals surface area contributed by atoms with Crippen LogP contribution in [0.1, 0.15) is 37.6 Å². The fourth-order valence-corrected chi connectivity index (χ4v) is 2.68. The van der Waals surface area contributed by atoms with Crippen LogP contribution in [0.15, 0.2) is 22.8 Å². The van der Waals surface area contributed by atoms with Gasteiger partial charge >= 0.3 is 0 Å². The summed E-state index contributed by atoms with van der Waals surface area (Å²) in [6.45, 7) is 6.50. The Morgan fingerprint density at radius 1 is 1.47 bits per heavy atom. The van der Waals surface area contributed by atoms with Crippen molar-refractivity contribution in [2.45, 2.75) is 33.1 Å². The molecule has 1 unspecified atom stereocenters. The van der Waals surface area contributed by atoms with E-state index in [4.69, 9.17) is 0 Å². The first-order chi connectivity index (χ1) is 7.15. The lowest BCUT2D eigenvalue weighted by Gasteiger charge is -2.05. The molecular formula is C12H15BrN2. The molecule has 2 nitrogen and oxygen atoms in total. The first-order valence-electron chi connectivity index (χ1n) is 5.28. The predicted octanol–water partition coefficient (Wildman–Crippen LogP) is 3.92. The third-order valence-electron chi connectivity index (χ3n) is 2.89. The van der Waals surface area contributed by atoms with Crippen LogP contribution < -0.4 is 0 Å². The zero-order chi connectivity index (χ0) is 11.0. The maximum atomic E-state index is 4.66. The van der Waals surface area contributed by atoms with Gasteiger partial charge in [-0.1, -0.05) is 19.9 Å². The molecule has 0 aliphatic carbocycles. The number of nitrogens with zero attached hydrogens (tertiary/aromatic N) is 2. The zero-order valence-electron chi connectivity index (χ0n) is 9.29. The van der Waals surface area contributed by atoms with E-state index < -0.39 is 0 Å². The molecule has 0 saturated heterocycles. The Morgan fingerprint density at radius 3 is 2.80 bits per heavy atom. The molecule has 0 aromatic carbocycles. The predicted molar refractivity (Wildman–Crippen MR) is 66.3 cm³/mol. The summed E-state index contributed by atoms with van der Waals surface area (Å²) >= 11 is 3.64. The molecule has 0 fully saturated rings. The molecule has 2 aromatic heterocycles. The van der Waals surface area contributed by atoms with Gasteiger partial charge < -0.3 is 0 Å². The third-order valence-corrected chi connectivity index (χ3v) is 3.65. The van der Waals surface area contributed by atoms with Gasteiger partial charge in [-0.15, -0.1) is 0 Å². The molecule has 2 heterocycles. The van der Waals surface area contributed by atoms with Gasteiger partial charge in [0.2, 0.25) is 0 Å². The number of imidazole rings is 1. The molecule has 0 aliphatic heterocycles. The third kappa shape index (κ3) is 1.69. The van der Waals surface area contributed by atoms with E-state index in [1.54, 1.807) is 0 Å². The summed E-state index contributed by atoms with van der Waals surface area (Å²) < 4.78 is 3.26. The number of halogens is 1. The highest BCUT2D eigenvalue weighted by molar-refractivity contribution is 9.10. The smallest absolute Gasteiger partial charge is 0.138 e. The van der Waals surface area contributed by atoms with Crippen molar-refractivity contribution in [3.63, 3.8) is 0 Å². The minimum Gasteiger partial charge on any atom is -0.291 e. The van der Waals surface area contributed by atoms with Gasteiger partial charge in [-0.25, -0.2) is 4.98 Å². The highest BCUT2D eigenvalue weighted by Crippen LogP contribution is 2.28. The van der Waals surface area contributed by atoms with Crippen molar-refractivity contribution in [1.29, 1.82) is 0 Å². The van der Waals surface area contributed by atoms with E-state index in [9.17, 15) is 0 Å². The Morgan fingerprint density at radius 2 is 2.20 bits per heavy atom. The molecule has 2 aromatic rings. The van der Waals surface area contributed by atoms with Crippen LogP contribution in [0.3, 0.4) is 0 Å². The van der Waals surface area contributed by atoms with E-state index >= 15 is 0 Å². The van der Waals surface area contributed by atoms with Gasteiger partial charge in [0.1, 0.15) is 10.3 Å². The van der Waals surface area contributed by atoms with Crippen LogP contribution >= 0.6 is 15.9 Å². The molecule has 0 radical (unpaired) electrons. The van der Waals surface area contributed by atoms with Crippen molar-refractivity contribution < 1.29 is 0 Å². The lowest BCUT2D eigenvalue weighted by atomic mass is 10.1. The molecule has 80 valence electrons. The molecular weight excluding hydrogens is 252 g/mol. The largest absolute Gasteiger partial charge is 0.291 e. The van der Waals surface area contributed by atoms with Crippen LogP contribution in [0, 0.1) is 6.92 Å². The topological polar surface area (TPSA) is 17.3 Å². The SMILES string of the molecule is CCC(C)c1nc2cccc(C)n2c1Br. The summed E-state index contributed by atoms with van der Waals surface area (Å²) in [5, 5.41) is 0. The average molecular weight is 267 g/mol. The van der Waals surface area contributed by atoms with Crippen LogP contribution in [-0.2, 0) is 0 Å². The second-order valence-electron chi connectivity index (χ2n) is 3.96. The quantitative estimate of drug-likeness (QED) is 0.806. The number of hydrogen-bond acceptors (Lipinski definition) is 1. The maximum Gasteiger partial charge on any atom is 0.138 e. The molecule has 0 spiro atoms. The van der Waals surface area contributed by atoms with Crippen molar-refractivity contribution in [2.24, 2.45) is 0 Å². The maximum absolute atomic E-state index is 4.66. The number of pyridine rings is 1. The molecule has 15 heavy (non-hydrogen) atoms. The first kappa shape index (κ1) is 10.7. The van der Waals surface area contributed by atoms with E-state index in [1.165, 1.54) is 5.69 Å². The average Bonchev–Trinajstić information content (AvgIpc) is 2.56. The number of rotatable bonds is 2. The van der Waals surface area contributed by atoms with Crippen LogP contribution in [0.25, 0.3) is 5.65 Å². The van der Waals surface area contributed by atoms with Crippen molar-refractivity contribution in [1.82, 2.24) is 9.38 Å². The Bertz CT molecular complexity index is 488. The molecule has 0 N–H and O–H groups in total. The summed E-state index contributed by atoms with van der Waals surface area (Å²) in [5.74, 6) is 0.499. The second kappa shape index (κ2) is 3.97. The summed E-state index contributed by atoms with van der Waals surface area (Å²) in [4.78, 5) is 4.66. The van der Waals surface area contributed by atoms with Gasteiger partial charge in [-0.2, -0.15) is 0 Å². The van der Waals surface area contributed by atoms with Gasteiger partial charge in [0.15, 0.2) is 0 Å². The molecule has 3 heteroatoms. The number of fused-ring (bicyclic) bond motifs is 1. The van der Waals surface area contributed by atoms with Gasteiger partial charge in [-0.3, -0.25) is 4.40 Å². The van der Waals surface area contributed by atoms with Crippen LogP contribution in [0.5, 0.6) is 0 Å². The van der Waals surface area contributed by atoms with E-state index in [2.05, 4.69) is 52.2 Å². The molecule has 0 bridgehead atoms. The minimum absolute atomic E-state index is 0.499. The highest BCUT2D eigenvalue weighted by Gasteiger charge is 2.15. The van der Waals surface area contributed by atoms with Gasteiger partial charge in [-0.05, 0) is 41.4 Å². The van der Waals surface area contributed by atoms with Crippen molar-refractivity contribution in [3.8, 4) is 0 Å². The normalized spacial score (nSPS) is 13.3. The lowest BCUT2D eigenvalue weighted by molar-refractivity contribution is 0.709. The molecule has 2 rings (SSSR count). The fraction of sp³-hybridized carbons (Fsp3) is 0.417. The molecule has 0 amide bonds. The Balaban J connectivity index is 2.70. The Hall–Kier alpha value is -0.830. The summed E-state index contributed by atoms with van der Waals surface area (Å²) in [7, 11) is 0. The first-order valence-corrected chi connectivity index (χ1v) is 6.08. The van der Waals surface area contributed by atoms with E-state index in [0.29, 0.717) is 5.92 Å². The summed E-state index contributed by atoms with van der Waals surface area (Å²) in [5.41, 5.74) is 3.39. The van der Waals surface area contributed by atoms with Crippen molar-refractivity contribution >= 4 is 21.6 Å². The van der Waals surface area contributed by atoms with E-state index in [1.807, 2.05) is 12.1 Å². The van der Waals surface area contributed by atoms with Crippen LogP contribution in [-0.4, -0.2) is 9.38 Å². The van der Waals surface area contributed by atoms with E-state index in [0.717, 1.165) is 22.4 Å². The monoisotopic (exact) mass is 266 g/mol. The second-order valence-corrected chi connectivity index (χ2v) is 4.71. The standard InChI is InChI=1S/C12H15BrN2/c1-4-8(2)11-12(13)15-9(3)6-5-7-10(15)14-11/h5-8H,4H2,1-3H3. The van der Waals surface area contributed by atoms with E-state index in [-0.39, 0.29) is 0 Å². The van der Waals surface area contributed by atoms with Gasteiger partial charge in [0.05, 0.1) is 5.69 Å². The lowest BCUT2D eigenvalue weighted by Crippen LogP contribution is -1.93. The molecule has 0 saturated carbocycles. The number of aryl methyl sites for hydroxylation is 1. The van der Waals surface area contributed by atoms with Crippen molar-refractivity contribution in [3.05, 3.63) is 34.2 Å².